The lowest BCUT2D eigenvalue weighted by Gasteiger charge is -2.07. The first kappa shape index (κ1) is 13.8. The Bertz CT molecular complexity index is 652. The van der Waals surface area contributed by atoms with Crippen molar-refractivity contribution in [2.24, 2.45) is 0 Å². The number of nitrogens with zero attached hydrogens (tertiary/aromatic N) is 1. The Morgan fingerprint density at radius 3 is 2.43 bits per heavy atom. The molecule has 2 aliphatic heterocycles. The number of ether oxygens (including phenoxy) is 2. The third-order valence-corrected chi connectivity index (χ3v) is 3.78. The average Bonchev–Trinajstić information content (AvgIpc) is 3.06. The molecular formula is C18H21NO2. The van der Waals surface area contributed by atoms with E-state index in [1.54, 1.807) is 0 Å². The van der Waals surface area contributed by atoms with Gasteiger partial charge in [-0.2, -0.15) is 0 Å². The van der Waals surface area contributed by atoms with Crippen LogP contribution in [0.1, 0.15) is 16.7 Å². The molecule has 0 fully saturated rings. The summed E-state index contributed by atoms with van der Waals surface area (Å²) in [5, 5.41) is 0. The summed E-state index contributed by atoms with van der Waals surface area (Å²) >= 11 is 0. The van der Waals surface area contributed by atoms with Gasteiger partial charge in [-0.25, -0.2) is 0 Å². The fourth-order valence-electron chi connectivity index (χ4n) is 2.60. The van der Waals surface area contributed by atoms with Crippen LogP contribution in [0.3, 0.4) is 0 Å². The van der Waals surface area contributed by atoms with Crippen LogP contribution in [-0.2, 0) is 6.42 Å². The van der Waals surface area contributed by atoms with Crippen LogP contribution in [-0.4, -0.2) is 20.4 Å². The molecule has 2 aromatic carbocycles. The van der Waals surface area contributed by atoms with E-state index in [1.807, 2.05) is 13.1 Å². The van der Waals surface area contributed by atoms with Gasteiger partial charge in [0.2, 0.25) is 0 Å². The molecule has 0 atom stereocenters. The second-order valence-corrected chi connectivity index (χ2v) is 5.65. The van der Waals surface area contributed by atoms with E-state index >= 15 is 0 Å². The Morgan fingerprint density at radius 2 is 1.62 bits per heavy atom. The number of rotatable bonds is 0. The maximum absolute atomic E-state index is 5.39. The molecule has 4 rings (SSSR count). The van der Waals surface area contributed by atoms with Crippen molar-refractivity contribution in [1.29, 1.82) is 0 Å². The van der Waals surface area contributed by atoms with Crippen LogP contribution in [0.5, 0.6) is 11.5 Å². The van der Waals surface area contributed by atoms with Gasteiger partial charge in [-0.1, -0.05) is 23.8 Å². The molecule has 2 aromatic rings. The Balaban J connectivity index is 0.000000126. The zero-order valence-corrected chi connectivity index (χ0v) is 12.8. The lowest BCUT2D eigenvalue weighted by Crippen LogP contribution is -2.14. The highest BCUT2D eigenvalue weighted by molar-refractivity contribution is 5.61. The number of hydrogen-bond acceptors (Lipinski definition) is 3. The Morgan fingerprint density at radius 1 is 0.905 bits per heavy atom. The summed E-state index contributed by atoms with van der Waals surface area (Å²) in [7, 11) is 2.03. The molecule has 0 aromatic heterocycles. The van der Waals surface area contributed by atoms with E-state index in [0.717, 1.165) is 24.5 Å². The third kappa shape index (κ3) is 2.97. The number of anilines is 1. The summed E-state index contributed by atoms with van der Waals surface area (Å²) in [5.74, 6) is 2.07. The molecular weight excluding hydrogens is 262 g/mol. The van der Waals surface area contributed by atoms with E-state index < -0.39 is 0 Å². The van der Waals surface area contributed by atoms with Crippen molar-refractivity contribution in [3.05, 3.63) is 53.1 Å². The van der Waals surface area contributed by atoms with Crippen molar-refractivity contribution < 1.29 is 9.47 Å². The molecule has 0 saturated carbocycles. The summed E-state index contributed by atoms with van der Waals surface area (Å²) in [4.78, 5) is 2.10. The zero-order valence-electron chi connectivity index (χ0n) is 12.8. The van der Waals surface area contributed by atoms with Crippen LogP contribution in [0.4, 0.5) is 5.69 Å². The fourth-order valence-corrected chi connectivity index (χ4v) is 2.60. The van der Waals surface area contributed by atoms with Crippen LogP contribution < -0.4 is 14.4 Å². The van der Waals surface area contributed by atoms with Gasteiger partial charge in [0.25, 0.3) is 0 Å². The van der Waals surface area contributed by atoms with Crippen LogP contribution >= 0.6 is 0 Å². The van der Waals surface area contributed by atoms with E-state index in [-0.39, 0.29) is 0 Å². The summed E-state index contributed by atoms with van der Waals surface area (Å²) in [6.07, 6.45) is 1.08. The van der Waals surface area contributed by atoms with Crippen LogP contribution in [0.2, 0.25) is 0 Å². The SMILES string of the molecule is Cc1ccc2c(c1)CCO2.Cc1ccc2c(c1)N(C)CO2. The lowest BCUT2D eigenvalue weighted by molar-refractivity contribution is 0.353. The predicted octanol–water partition coefficient (Wildman–Crippen LogP) is 3.71. The van der Waals surface area contributed by atoms with Gasteiger partial charge >= 0.3 is 0 Å². The minimum Gasteiger partial charge on any atom is -0.493 e. The first-order chi connectivity index (χ1) is 10.1. The molecule has 2 heterocycles. The van der Waals surface area contributed by atoms with E-state index in [4.69, 9.17) is 9.47 Å². The monoisotopic (exact) mass is 283 g/mol. The largest absolute Gasteiger partial charge is 0.493 e. The highest BCUT2D eigenvalue weighted by Crippen LogP contribution is 2.33. The smallest absolute Gasteiger partial charge is 0.161 e. The number of hydrogen-bond donors (Lipinski definition) is 0. The Kier molecular flexibility index (Phi) is 3.74. The normalized spacial score (nSPS) is 14.5. The van der Waals surface area contributed by atoms with E-state index in [2.05, 4.69) is 49.1 Å². The lowest BCUT2D eigenvalue weighted by atomic mass is 10.1. The van der Waals surface area contributed by atoms with Crippen molar-refractivity contribution in [2.75, 3.05) is 25.3 Å². The summed E-state index contributed by atoms with van der Waals surface area (Å²) in [6.45, 7) is 5.74. The number of aryl methyl sites for hydroxylation is 2. The van der Waals surface area contributed by atoms with Gasteiger partial charge in [0, 0.05) is 13.5 Å². The minimum atomic E-state index is 0.679. The second kappa shape index (κ2) is 5.68. The van der Waals surface area contributed by atoms with Gasteiger partial charge in [-0.15, -0.1) is 0 Å². The van der Waals surface area contributed by atoms with Crippen molar-refractivity contribution in [1.82, 2.24) is 0 Å². The van der Waals surface area contributed by atoms with E-state index in [0.29, 0.717) is 6.73 Å². The van der Waals surface area contributed by atoms with E-state index in [9.17, 15) is 0 Å². The van der Waals surface area contributed by atoms with E-state index in [1.165, 1.54) is 22.4 Å². The summed E-state index contributed by atoms with van der Waals surface area (Å²) < 4.78 is 10.7. The van der Waals surface area contributed by atoms with Gasteiger partial charge in [0.1, 0.15) is 11.5 Å². The summed E-state index contributed by atoms with van der Waals surface area (Å²) in [6, 6.07) is 12.6. The highest BCUT2D eigenvalue weighted by Gasteiger charge is 2.15. The van der Waals surface area contributed by atoms with Gasteiger partial charge < -0.3 is 14.4 Å². The minimum absolute atomic E-state index is 0.679. The van der Waals surface area contributed by atoms with Crippen molar-refractivity contribution in [3.8, 4) is 11.5 Å². The maximum Gasteiger partial charge on any atom is 0.161 e. The summed E-state index contributed by atoms with van der Waals surface area (Å²) in [5.41, 5.74) is 5.16. The number of benzene rings is 2. The van der Waals surface area contributed by atoms with Gasteiger partial charge in [0.05, 0.1) is 12.3 Å². The standard InChI is InChI=1S/C9H11NO.C9H10O/c1-7-3-4-9-8(5-7)10(2)6-11-9;1-7-2-3-9-8(6-7)4-5-10-9/h3-5H,6H2,1-2H3;2-3,6H,4-5H2,1H3. The third-order valence-electron chi connectivity index (χ3n) is 3.78. The zero-order chi connectivity index (χ0) is 14.8. The first-order valence-corrected chi connectivity index (χ1v) is 7.30. The van der Waals surface area contributed by atoms with Crippen molar-refractivity contribution in [2.45, 2.75) is 20.3 Å². The first-order valence-electron chi connectivity index (χ1n) is 7.30. The molecule has 0 spiro atoms. The predicted molar refractivity (Wildman–Crippen MR) is 85.5 cm³/mol. The molecule has 0 amide bonds. The molecule has 0 radical (unpaired) electrons. The highest BCUT2D eigenvalue weighted by atomic mass is 16.5. The fraction of sp³-hybridized carbons (Fsp3) is 0.333. The quantitative estimate of drug-likeness (QED) is 0.735. The van der Waals surface area contributed by atoms with Gasteiger partial charge in [0.15, 0.2) is 6.73 Å². The second-order valence-electron chi connectivity index (χ2n) is 5.65. The molecule has 21 heavy (non-hydrogen) atoms. The van der Waals surface area contributed by atoms with Gasteiger partial charge in [-0.05, 0) is 43.2 Å². The average molecular weight is 283 g/mol. The maximum atomic E-state index is 5.39. The topological polar surface area (TPSA) is 21.7 Å². The van der Waals surface area contributed by atoms with Crippen molar-refractivity contribution >= 4 is 5.69 Å². The number of fused-ring (bicyclic) bond motifs is 2. The Hall–Kier alpha value is -2.16. The molecule has 0 saturated heterocycles. The van der Waals surface area contributed by atoms with Crippen LogP contribution in [0.15, 0.2) is 36.4 Å². The van der Waals surface area contributed by atoms with Crippen LogP contribution in [0.25, 0.3) is 0 Å². The van der Waals surface area contributed by atoms with Crippen LogP contribution in [0, 0.1) is 13.8 Å². The molecule has 3 heteroatoms. The molecule has 3 nitrogen and oxygen atoms in total. The molecule has 0 unspecified atom stereocenters. The molecule has 0 N–H and O–H groups in total. The Labute approximate surface area is 126 Å². The molecule has 2 aliphatic rings. The molecule has 110 valence electrons. The molecule has 0 bridgehead atoms. The van der Waals surface area contributed by atoms with Crippen molar-refractivity contribution in [3.63, 3.8) is 0 Å². The van der Waals surface area contributed by atoms with Gasteiger partial charge in [-0.3, -0.25) is 0 Å². The molecule has 0 aliphatic carbocycles.